The molecule has 0 bridgehead atoms. The van der Waals surface area contributed by atoms with Gasteiger partial charge in [0.2, 0.25) is 5.91 Å². The lowest BCUT2D eigenvalue weighted by atomic mass is 10.0. The molecule has 11 heteroatoms. The second kappa shape index (κ2) is 12.7. The van der Waals surface area contributed by atoms with Crippen LogP contribution in [0.4, 0.5) is 11.5 Å². The van der Waals surface area contributed by atoms with Crippen molar-refractivity contribution >= 4 is 34.4 Å². The molecule has 2 fully saturated rings. The number of nitrogens with zero attached hydrogens (tertiary/aromatic N) is 5. The van der Waals surface area contributed by atoms with Gasteiger partial charge in [-0.05, 0) is 73.8 Å². The minimum atomic E-state index is -0.269. The summed E-state index contributed by atoms with van der Waals surface area (Å²) >= 11 is 0. The van der Waals surface area contributed by atoms with Crippen molar-refractivity contribution in [1.29, 1.82) is 0 Å². The van der Waals surface area contributed by atoms with E-state index >= 15 is 0 Å². The predicted molar refractivity (Wildman–Crippen MR) is 166 cm³/mol. The number of rotatable bonds is 8. The van der Waals surface area contributed by atoms with Gasteiger partial charge in [0, 0.05) is 43.3 Å². The Bertz CT molecular complexity index is 1620. The molecule has 2 aliphatic heterocycles. The van der Waals surface area contributed by atoms with Gasteiger partial charge in [-0.25, -0.2) is 9.97 Å². The van der Waals surface area contributed by atoms with Crippen LogP contribution in [0.25, 0.3) is 22.3 Å². The summed E-state index contributed by atoms with van der Waals surface area (Å²) in [6, 6.07) is 13.8. The fraction of sp³-hybridized carbons (Fsp3) is 0.344. The van der Waals surface area contributed by atoms with E-state index in [9.17, 15) is 9.59 Å². The van der Waals surface area contributed by atoms with Gasteiger partial charge in [-0.15, -0.1) is 0 Å². The number of hydrogen-bond donors (Lipinski definition) is 3. The normalized spacial score (nSPS) is 19.2. The van der Waals surface area contributed by atoms with E-state index in [0.29, 0.717) is 31.1 Å². The number of benzene rings is 1. The van der Waals surface area contributed by atoms with Crippen molar-refractivity contribution in [3.8, 4) is 11.3 Å². The highest BCUT2D eigenvalue weighted by Gasteiger charge is 2.24. The Morgan fingerprint density at radius 1 is 1.14 bits per heavy atom. The number of nitrogens with one attached hydrogen (secondary N) is 3. The first-order valence-electron chi connectivity index (χ1n) is 14.7. The molecule has 4 aromatic rings. The van der Waals surface area contributed by atoms with E-state index < -0.39 is 0 Å². The summed E-state index contributed by atoms with van der Waals surface area (Å²) < 4.78 is 5.60. The van der Waals surface area contributed by atoms with Crippen molar-refractivity contribution in [1.82, 2.24) is 30.2 Å². The standard InChI is InChI=1S/C32H36N8O3/c1-3-29(41)36-25-5-4-12-39(18-25)17-22-10-11-33-28(15-22)32(42)37-24-8-6-23(7-9-24)27-16-26-30(38-27)34-20-35-31(26)40-13-14-43-19-21(40)2/h3,6-11,15-16,20-21,25H,1,4-5,12-14,17-19H2,2H3,(H,36,41)(H,37,42)(H,34,35,38)/t21-,25+/m0/s1. The molecule has 222 valence electrons. The number of aromatic nitrogens is 4. The van der Waals surface area contributed by atoms with Crippen LogP contribution >= 0.6 is 0 Å². The van der Waals surface area contributed by atoms with Crippen molar-refractivity contribution in [3.05, 3.63) is 78.9 Å². The molecule has 2 amide bonds. The minimum absolute atomic E-state index is 0.0969. The number of likely N-dealkylation sites (tertiary alicyclic amines) is 1. The molecule has 0 saturated carbocycles. The van der Waals surface area contributed by atoms with E-state index in [1.54, 1.807) is 12.5 Å². The Hall–Kier alpha value is -4.61. The molecule has 43 heavy (non-hydrogen) atoms. The summed E-state index contributed by atoms with van der Waals surface area (Å²) in [5, 5.41) is 6.92. The number of pyridine rings is 1. The van der Waals surface area contributed by atoms with E-state index in [-0.39, 0.29) is 23.9 Å². The average molecular weight is 581 g/mol. The molecule has 5 heterocycles. The molecule has 6 rings (SSSR count). The summed E-state index contributed by atoms with van der Waals surface area (Å²) in [5.41, 5.74) is 4.71. The number of fused-ring (bicyclic) bond motifs is 1. The first-order valence-corrected chi connectivity index (χ1v) is 14.7. The summed E-state index contributed by atoms with van der Waals surface area (Å²) in [7, 11) is 0. The van der Waals surface area contributed by atoms with Gasteiger partial charge in [0.05, 0.1) is 24.6 Å². The quantitative estimate of drug-likeness (QED) is 0.269. The van der Waals surface area contributed by atoms with Crippen LogP contribution < -0.4 is 15.5 Å². The molecule has 0 aliphatic carbocycles. The molecule has 3 N–H and O–H groups in total. The summed E-state index contributed by atoms with van der Waals surface area (Å²) in [4.78, 5) is 46.1. The van der Waals surface area contributed by atoms with E-state index in [1.165, 1.54) is 6.08 Å². The third-order valence-corrected chi connectivity index (χ3v) is 8.00. The highest BCUT2D eigenvalue weighted by molar-refractivity contribution is 6.03. The fourth-order valence-electron chi connectivity index (χ4n) is 5.81. The van der Waals surface area contributed by atoms with E-state index in [2.05, 4.69) is 59.9 Å². The molecule has 11 nitrogen and oxygen atoms in total. The Balaban J connectivity index is 1.10. The number of carbonyl (C=O) groups is 2. The van der Waals surface area contributed by atoms with Gasteiger partial charge in [0.25, 0.3) is 5.91 Å². The van der Waals surface area contributed by atoms with Crippen LogP contribution in [0.3, 0.4) is 0 Å². The SMILES string of the molecule is C=CC(=O)N[C@@H]1CCCN(Cc2ccnc(C(=O)Nc3ccc(-c4cc5c(N6CCOC[C@@H]6C)ncnc5[nH]4)cc3)c2)C1. The maximum Gasteiger partial charge on any atom is 0.274 e. The number of aromatic amines is 1. The summed E-state index contributed by atoms with van der Waals surface area (Å²) in [6.45, 7) is 10.2. The number of carbonyl (C=O) groups excluding carboxylic acids is 2. The van der Waals surface area contributed by atoms with E-state index in [4.69, 9.17) is 4.74 Å². The molecule has 1 aromatic carbocycles. The van der Waals surface area contributed by atoms with E-state index in [0.717, 1.165) is 66.1 Å². The molecule has 0 radical (unpaired) electrons. The maximum atomic E-state index is 13.1. The lowest BCUT2D eigenvalue weighted by Gasteiger charge is -2.34. The monoisotopic (exact) mass is 580 g/mol. The molecule has 2 atom stereocenters. The van der Waals surface area contributed by atoms with Gasteiger partial charge in [-0.1, -0.05) is 18.7 Å². The van der Waals surface area contributed by atoms with Crippen molar-refractivity contribution in [2.75, 3.05) is 43.1 Å². The predicted octanol–water partition coefficient (Wildman–Crippen LogP) is 3.76. The molecule has 0 spiro atoms. The van der Waals surface area contributed by atoms with Crippen LogP contribution in [0, 0.1) is 0 Å². The number of amides is 2. The largest absolute Gasteiger partial charge is 0.377 e. The first-order chi connectivity index (χ1) is 21.0. The Labute approximate surface area is 250 Å². The third kappa shape index (κ3) is 6.58. The number of H-pyrrole nitrogens is 1. The molecular formula is C32H36N8O3. The Morgan fingerprint density at radius 3 is 2.81 bits per heavy atom. The lowest BCUT2D eigenvalue weighted by molar-refractivity contribution is -0.117. The zero-order chi connectivity index (χ0) is 29.8. The maximum absolute atomic E-state index is 13.1. The van der Waals surface area contributed by atoms with Gasteiger partial charge < -0.3 is 25.3 Å². The molecule has 3 aromatic heterocycles. The van der Waals surface area contributed by atoms with Gasteiger partial charge in [0.15, 0.2) is 0 Å². The van der Waals surface area contributed by atoms with Crippen LogP contribution in [0.2, 0.25) is 0 Å². The summed E-state index contributed by atoms with van der Waals surface area (Å²) in [5.74, 6) is 0.488. The minimum Gasteiger partial charge on any atom is -0.377 e. The van der Waals surface area contributed by atoms with Gasteiger partial charge in [0.1, 0.15) is 23.5 Å². The van der Waals surface area contributed by atoms with Crippen molar-refractivity contribution < 1.29 is 14.3 Å². The molecule has 0 unspecified atom stereocenters. The number of ether oxygens (including phenoxy) is 1. The van der Waals surface area contributed by atoms with E-state index in [1.807, 2.05) is 36.4 Å². The number of anilines is 2. The van der Waals surface area contributed by atoms with Crippen molar-refractivity contribution in [2.45, 2.75) is 38.4 Å². The smallest absolute Gasteiger partial charge is 0.274 e. The van der Waals surface area contributed by atoms with Crippen LogP contribution in [-0.2, 0) is 16.1 Å². The molecule has 2 aliphatic rings. The second-order valence-corrected chi connectivity index (χ2v) is 11.1. The van der Waals surface area contributed by atoms with Crippen LogP contribution in [0.1, 0.15) is 35.8 Å². The van der Waals surface area contributed by atoms with Crippen LogP contribution in [-0.4, -0.2) is 81.6 Å². The third-order valence-electron chi connectivity index (χ3n) is 8.00. The first kappa shape index (κ1) is 28.5. The molecule has 2 saturated heterocycles. The second-order valence-electron chi connectivity index (χ2n) is 11.1. The fourth-order valence-corrected chi connectivity index (χ4v) is 5.81. The zero-order valence-corrected chi connectivity index (χ0v) is 24.3. The lowest BCUT2D eigenvalue weighted by Crippen LogP contribution is -2.46. The van der Waals surface area contributed by atoms with Gasteiger partial charge in [-0.2, -0.15) is 0 Å². The number of piperidine rings is 1. The zero-order valence-electron chi connectivity index (χ0n) is 24.3. The van der Waals surface area contributed by atoms with Crippen molar-refractivity contribution in [2.24, 2.45) is 0 Å². The summed E-state index contributed by atoms with van der Waals surface area (Å²) in [6.07, 6.45) is 6.51. The van der Waals surface area contributed by atoms with Gasteiger partial charge >= 0.3 is 0 Å². The topological polar surface area (TPSA) is 128 Å². The molecular weight excluding hydrogens is 544 g/mol. The highest BCUT2D eigenvalue weighted by Crippen LogP contribution is 2.31. The average Bonchev–Trinajstić information content (AvgIpc) is 3.47. The Morgan fingerprint density at radius 2 is 2.00 bits per heavy atom. The highest BCUT2D eigenvalue weighted by atomic mass is 16.5. The number of hydrogen-bond acceptors (Lipinski definition) is 8. The number of morpholine rings is 1. The van der Waals surface area contributed by atoms with Crippen molar-refractivity contribution in [3.63, 3.8) is 0 Å². The van der Waals surface area contributed by atoms with Gasteiger partial charge in [-0.3, -0.25) is 19.5 Å². The van der Waals surface area contributed by atoms with Crippen LogP contribution in [0.15, 0.2) is 67.6 Å². The van der Waals surface area contributed by atoms with Crippen LogP contribution in [0.5, 0.6) is 0 Å². The Kier molecular flexibility index (Phi) is 8.43.